The number of ether oxygens (including phenoxy) is 1. The number of carbonyl (C=O) groups excluding carboxylic acids is 1. The summed E-state index contributed by atoms with van der Waals surface area (Å²) in [5.41, 5.74) is 1.17. The lowest BCUT2D eigenvalue weighted by molar-refractivity contribution is -0.138. The van der Waals surface area contributed by atoms with Crippen molar-refractivity contribution in [2.75, 3.05) is 0 Å². The molecule has 1 amide bonds. The van der Waals surface area contributed by atoms with Crippen LogP contribution in [0.4, 0.5) is 4.79 Å². The second-order valence-electron chi connectivity index (χ2n) is 8.94. The number of alkyl carbamates (subject to hydrolysis) is 1. The van der Waals surface area contributed by atoms with E-state index >= 15 is 0 Å². The van der Waals surface area contributed by atoms with Gasteiger partial charge in [0.2, 0.25) is 0 Å². The molecular formula is C23H27ClN2O4. The molecule has 1 fully saturated rings. The minimum Gasteiger partial charge on any atom is -0.481 e. The first-order chi connectivity index (χ1) is 14.0. The van der Waals surface area contributed by atoms with Crippen LogP contribution >= 0.6 is 11.6 Å². The normalized spacial score (nSPS) is 15.9. The Bertz CT molecular complexity index is 949. The third-order valence-electron chi connectivity index (χ3n) is 4.97. The number of hydrogen-bond acceptors (Lipinski definition) is 4. The van der Waals surface area contributed by atoms with Crippen molar-refractivity contribution in [1.82, 2.24) is 10.3 Å². The smallest absolute Gasteiger partial charge is 0.408 e. The molecule has 0 radical (unpaired) electrons. The van der Waals surface area contributed by atoms with Gasteiger partial charge in [-0.05, 0) is 52.2 Å². The van der Waals surface area contributed by atoms with E-state index in [9.17, 15) is 14.7 Å². The molecule has 2 aromatic rings. The van der Waals surface area contributed by atoms with Crippen molar-refractivity contribution in [3.8, 4) is 11.1 Å². The summed E-state index contributed by atoms with van der Waals surface area (Å²) in [6.07, 6.45) is 3.07. The monoisotopic (exact) mass is 430 g/mol. The van der Waals surface area contributed by atoms with E-state index in [2.05, 4.69) is 10.3 Å². The predicted octanol–water partition coefficient (Wildman–Crippen LogP) is 5.49. The molecule has 0 aliphatic heterocycles. The number of halogens is 1. The lowest BCUT2D eigenvalue weighted by Crippen LogP contribution is -2.47. The number of benzene rings is 1. The summed E-state index contributed by atoms with van der Waals surface area (Å²) < 4.78 is 5.34. The summed E-state index contributed by atoms with van der Waals surface area (Å²) >= 11 is 6.73. The van der Waals surface area contributed by atoms with E-state index in [0.29, 0.717) is 16.5 Å². The number of carboxylic acid groups (broad SMARTS) is 1. The largest absolute Gasteiger partial charge is 0.481 e. The molecule has 1 aromatic carbocycles. The molecule has 3 rings (SSSR count). The molecule has 7 heteroatoms. The van der Waals surface area contributed by atoms with Crippen molar-refractivity contribution in [2.45, 2.75) is 64.0 Å². The van der Waals surface area contributed by atoms with E-state index in [1.54, 1.807) is 46.0 Å². The van der Waals surface area contributed by atoms with Crippen LogP contribution in [0.2, 0.25) is 5.02 Å². The molecule has 0 bridgehead atoms. The quantitative estimate of drug-likeness (QED) is 0.632. The van der Waals surface area contributed by atoms with Crippen molar-refractivity contribution in [1.29, 1.82) is 0 Å². The Balaban J connectivity index is 1.96. The molecule has 0 spiro atoms. The molecule has 30 heavy (non-hydrogen) atoms. The van der Waals surface area contributed by atoms with Crippen LogP contribution < -0.4 is 5.32 Å². The van der Waals surface area contributed by atoms with Gasteiger partial charge in [-0.2, -0.15) is 0 Å². The van der Waals surface area contributed by atoms with Crippen molar-refractivity contribution < 1.29 is 19.4 Å². The van der Waals surface area contributed by atoms with E-state index in [4.69, 9.17) is 16.3 Å². The summed E-state index contributed by atoms with van der Waals surface area (Å²) in [6, 6.07) is 9.35. The summed E-state index contributed by atoms with van der Waals surface area (Å²) in [6.45, 7) is 6.86. The molecule has 2 N–H and O–H groups in total. The Labute approximate surface area is 181 Å². The summed E-state index contributed by atoms with van der Waals surface area (Å²) in [5, 5.41) is 12.6. The maximum absolute atomic E-state index is 12.4. The van der Waals surface area contributed by atoms with Crippen LogP contribution in [-0.2, 0) is 15.1 Å². The first-order valence-corrected chi connectivity index (χ1v) is 10.3. The molecule has 1 heterocycles. The average molecular weight is 431 g/mol. The number of carboxylic acids is 1. The molecule has 1 aliphatic rings. The number of nitrogens with zero attached hydrogens (tertiary/aromatic N) is 1. The van der Waals surface area contributed by atoms with Crippen LogP contribution in [0.25, 0.3) is 11.1 Å². The first kappa shape index (κ1) is 22.1. The van der Waals surface area contributed by atoms with Gasteiger partial charge in [0.15, 0.2) is 0 Å². The zero-order chi connectivity index (χ0) is 22.1. The molecule has 1 aliphatic carbocycles. The van der Waals surface area contributed by atoms with Gasteiger partial charge in [-0.1, -0.05) is 35.9 Å². The van der Waals surface area contributed by atoms with Crippen LogP contribution in [-0.4, -0.2) is 27.8 Å². The average Bonchev–Trinajstić information content (AvgIpc) is 3.44. The van der Waals surface area contributed by atoms with E-state index < -0.39 is 23.2 Å². The number of pyridine rings is 1. The fourth-order valence-electron chi connectivity index (χ4n) is 3.40. The molecule has 1 aromatic heterocycles. The minimum absolute atomic E-state index is 0.353. The van der Waals surface area contributed by atoms with Crippen molar-refractivity contribution >= 4 is 23.7 Å². The molecule has 1 saturated carbocycles. The number of carbonyl (C=O) groups is 2. The number of hydrogen-bond donors (Lipinski definition) is 2. The topological polar surface area (TPSA) is 88.5 Å². The second kappa shape index (κ2) is 8.26. The van der Waals surface area contributed by atoms with Gasteiger partial charge in [-0.15, -0.1) is 0 Å². The lowest BCUT2D eigenvalue weighted by atomic mass is 9.86. The van der Waals surface area contributed by atoms with Crippen LogP contribution in [0.5, 0.6) is 0 Å². The first-order valence-electron chi connectivity index (χ1n) is 9.97. The van der Waals surface area contributed by atoms with Crippen molar-refractivity contribution in [3.05, 3.63) is 52.8 Å². The Morgan fingerprint density at radius 2 is 1.90 bits per heavy atom. The van der Waals surface area contributed by atoms with Gasteiger partial charge in [0, 0.05) is 28.9 Å². The van der Waals surface area contributed by atoms with E-state index in [1.165, 1.54) is 12.8 Å². The molecule has 160 valence electrons. The van der Waals surface area contributed by atoms with Crippen LogP contribution in [0.1, 0.15) is 64.1 Å². The molecule has 1 atom stereocenters. The highest BCUT2D eigenvalue weighted by molar-refractivity contribution is 6.34. The van der Waals surface area contributed by atoms with Gasteiger partial charge in [0.1, 0.15) is 5.60 Å². The Morgan fingerprint density at radius 1 is 1.20 bits per heavy atom. The van der Waals surface area contributed by atoms with E-state index in [-0.39, 0.29) is 6.42 Å². The molecule has 6 nitrogen and oxygen atoms in total. The van der Waals surface area contributed by atoms with Crippen LogP contribution in [0.15, 0.2) is 36.5 Å². The zero-order valence-corrected chi connectivity index (χ0v) is 18.4. The van der Waals surface area contributed by atoms with Crippen molar-refractivity contribution in [2.24, 2.45) is 0 Å². The lowest BCUT2D eigenvalue weighted by Gasteiger charge is -2.32. The number of aromatic nitrogens is 1. The highest BCUT2D eigenvalue weighted by Gasteiger charge is 2.35. The molecular weight excluding hydrogens is 404 g/mol. The van der Waals surface area contributed by atoms with Gasteiger partial charge >= 0.3 is 12.1 Å². The van der Waals surface area contributed by atoms with E-state index in [0.717, 1.165) is 16.8 Å². The Morgan fingerprint density at radius 3 is 2.43 bits per heavy atom. The molecule has 0 saturated heterocycles. The SMILES string of the molecule is CC(C)(C)OC(=O)NC(C)(CC(=O)O)c1cccc(-c2ccc(C3CC3)nc2)c1Cl. The second-order valence-corrected chi connectivity index (χ2v) is 9.32. The predicted molar refractivity (Wildman–Crippen MR) is 116 cm³/mol. The summed E-state index contributed by atoms with van der Waals surface area (Å²) in [4.78, 5) is 28.6. The third-order valence-corrected chi connectivity index (χ3v) is 5.37. The maximum atomic E-state index is 12.4. The van der Waals surface area contributed by atoms with Gasteiger partial charge in [-0.3, -0.25) is 9.78 Å². The summed E-state index contributed by atoms with van der Waals surface area (Å²) in [7, 11) is 0. The maximum Gasteiger partial charge on any atom is 0.408 e. The highest BCUT2D eigenvalue weighted by Crippen LogP contribution is 2.41. The standard InChI is InChI=1S/C23H27ClN2O4/c1-22(2,3)30-21(29)26-23(4,12-19(27)28)17-7-5-6-16(20(17)24)15-10-11-18(25-13-15)14-8-9-14/h5-7,10-11,13-14H,8-9,12H2,1-4H3,(H,26,29)(H,27,28). The number of amides is 1. The number of aliphatic carboxylic acids is 1. The summed E-state index contributed by atoms with van der Waals surface area (Å²) in [5.74, 6) is -0.511. The van der Waals surface area contributed by atoms with Crippen LogP contribution in [0.3, 0.4) is 0 Å². The van der Waals surface area contributed by atoms with E-state index in [1.807, 2.05) is 18.2 Å². The Hall–Kier alpha value is -2.60. The van der Waals surface area contributed by atoms with Crippen LogP contribution in [0, 0.1) is 0 Å². The number of nitrogens with one attached hydrogen (secondary N) is 1. The fraction of sp³-hybridized carbons (Fsp3) is 0.435. The van der Waals surface area contributed by atoms with Gasteiger partial charge in [0.05, 0.1) is 17.0 Å². The van der Waals surface area contributed by atoms with Gasteiger partial charge in [-0.25, -0.2) is 4.79 Å². The van der Waals surface area contributed by atoms with Gasteiger partial charge in [0.25, 0.3) is 0 Å². The highest BCUT2D eigenvalue weighted by atomic mass is 35.5. The Kier molecular flexibility index (Phi) is 6.09. The van der Waals surface area contributed by atoms with Crippen molar-refractivity contribution in [3.63, 3.8) is 0 Å². The zero-order valence-electron chi connectivity index (χ0n) is 17.7. The van der Waals surface area contributed by atoms with Gasteiger partial charge < -0.3 is 15.2 Å². The third kappa shape index (κ3) is 5.30. The number of rotatable bonds is 6. The fourth-order valence-corrected chi connectivity index (χ4v) is 3.85. The molecule has 1 unspecified atom stereocenters. The minimum atomic E-state index is -1.26.